The molecule has 3 aromatic rings. The Morgan fingerprint density at radius 3 is 2.81 bits per heavy atom. The standard InChI is InChI=1S/C21H24N4O4S2/c1-5-11(2)9-14-13(4)31-20-17(14)19(27)23-21(24-20)30-10-16(26)22-18-12(3)7-6-8-15(18)25(28)29/h6-8,11H,5,9-10H2,1-4H3,(H,22,26)(H,23,24,27)/t11-/m0/s1. The molecule has 1 atom stereocenters. The fourth-order valence-electron chi connectivity index (χ4n) is 3.24. The lowest BCUT2D eigenvalue weighted by Gasteiger charge is -2.09. The van der Waals surface area contributed by atoms with Gasteiger partial charge in [-0.15, -0.1) is 11.3 Å². The number of thioether (sulfide) groups is 1. The number of hydrogen-bond donors (Lipinski definition) is 2. The number of amides is 1. The van der Waals surface area contributed by atoms with E-state index in [4.69, 9.17) is 0 Å². The molecular weight excluding hydrogens is 436 g/mol. The van der Waals surface area contributed by atoms with Gasteiger partial charge in [-0.05, 0) is 37.3 Å². The van der Waals surface area contributed by atoms with Crippen molar-refractivity contribution >= 4 is 50.6 Å². The molecule has 0 spiro atoms. The minimum atomic E-state index is -0.529. The number of nitrogens with zero attached hydrogens (tertiary/aromatic N) is 2. The predicted molar refractivity (Wildman–Crippen MR) is 125 cm³/mol. The third kappa shape index (κ3) is 5.13. The van der Waals surface area contributed by atoms with Gasteiger partial charge in [0.15, 0.2) is 5.16 Å². The van der Waals surface area contributed by atoms with Gasteiger partial charge in [0.05, 0.1) is 16.1 Å². The fourth-order valence-corrected chi connectivity index (χ4v) is 5.01. The Morgan fingerprint density at radius 1 is 1.39 bits per heavy atom. The Kier molecular flexibility index (Phi) is 7.11. The quantitative estimate of drug-likeness (QED) is 0.215. The lowest BCUT2D eigenvalue weighted by Crippen LogP contribution is -2.17. The van der Waals surface area contributed by atoms with Crippen LogP contribution in [0.1, 0.15) is 36.3 Å². The molecule has 10 heteroatoms. The number of aryl methyl sites for hydroxylation is 2. The Labute approximate surface area is 187 Å². The number of aromatic nitrogens is 2. The topological polar surface area (TPSA) is 118 Å². The van der Waals surface area contributed by atoms with Crippen LogP contribution in [0.2, 0.25) is 0 Å². The highest BCUT2D eigenvalue weighted by Gasteiger charge is 2.19. The number of nitro benzene ring substituents is 1. The highest BCUT2D eigenvalue weighted by atomic mass is 32.2. The molecule has 1 amide bonds. The first kappa shape index (κ1) is 23.0. The second kappa shape index (κ2) is 9.61. The van der Waals surface area contributed by atoms with Crippen molar-refractivity contribution in [2.24, 2.45) is 5.92 Å². The van der Waals surface area contributed by atoms with E-state index in [0.29, 0.717) is 26.9 Å². The zero-order chi connectivity index (χ0) is 22.7. The van der Waals surface area contributed by atoms with Crippen LogP contribution in [-0.4, -0.2) is 26.6 Å². The maximum absolute atomic E-state index is 12.7. The fraction of sp³-hybridized carbons (Fsp3) is 0.381. The number of aromatic amines is 1. The average Bonchev–Trinajstić information content (AvgIpc) is 3.03. The summed E-state index contributed by atoms with van der Waals surface area (Å²) in [6.07, 6.45) is 1.86. The van der Waals surface area contributed by atoms with Crippen LogP contribution in [0.25, 0.3) is 10.2 Å². The summed E-state index contributed by atoms with van der Waals surface area (Å²) in [5, 5.41) is 14.8. The van der Waals surface area contributed by atoms with Gasteiger partial charge in [0, 0.05) is 10.9 Å². The SMILES string of the molecule is CC[C@H](C)Cc1c(C)sc2nc(SCC(=O)Nc3c(C)cccc3[N+](=O)[O-])[nH]c(=O)c12. The number of benzene rings is 1. The summed E-state index contributed by atoms with van der Waals surface area (Å²) in [5.74, 6) is 0.0217. The van der Waals surface area contributed by atoms with E-state index < -0.39 is 10.8 Å². The minimum Gasteiger partial charge on any atom is -0.319 e. The molecule has 2 aromatic heterocycles. The number of carbonyl (C=O) groups excluding carboxylic acids is 1. The van der Waals surface area contributed by atoms with E-state index >= 15 is 0 Å². The third-order valence-electron chi connectivity index (χ3n) is 5.14. The molecule has 8 nitrogen and oxygen atoms in total. The van der Waals surface area contributed by atoms with Crippen molar-refractivity contribution in [3.63, 3.8) is 0 Å². The predicted octanol–water partition coefficient (Wildman–Crippen LogP) is 4.83. The first-order valence-electron chi connectivity index (χ1n) is 9.90. The summed E-state index contributed by atoms with van der Waals surface area (Å²) in [6.45, 7) is 7.98. The molecular formula is C21H24N4O4S2. The van der Waals surface area contributed by atoms with Gasteiger partial charge in [0.2, 0.25) is 5.91 Å². The monoisotopic (exact) mass is 460 g/mol. The van der Waals surface area contributed by atoms with Gasteiger partial charge in [-0.2, -0.15) is 0 Å². The van der Waals surface area contributed by atoms with Crippen molar-refractivity contribution in [1.29, 1.82) is 0 Å². The molecule has 164 valence electrons. The van der Waals surface area contributed by atoms with Gasteiger partial charge in [-0.25, -0.2) is 4.98 Å². The number of anilines is 1. The van der Waals surface area contributed by atoms with E-state index in [1.165, 1.54) is 17.4 Å². The van der Waals surface area contributed by atoms with Gasteiger partial charge in [0.25, 0.3) is 11.2 Å². The minimum absolute atomic E-state index is 0.0377. The van der Waals surface area contributed by atoms with E-state index in [9.17, 15) is 19.7 Å². The number of nitro groups is 1. The second-order valence-corrected chi connectivity index (χ2v) is 9.64. The first-order chi connectivity index (χ1) is 14.7. The van der Waals surface area contributed by atoms with Crippen molar-refractivity contribution in [3.8, 4) is 0 Å². The number of hydrogen-bond acceptors (Lipinski definition) is 7. The van der Waals surface area contributed by atoms with Crippen LogP contribution in [0.5, 0.6) is 0 Å². The summed E-state index contributed by atoms with van der Waals surface area (Å²) < 4.78 is 0. The molecule has 0 aliphatic heterocycles. The van der Waals surface area contributed by atoms with Gasteiger partial charge >= 0.3 is 0 Å². The van der Waals surface area contributed by atoms with E-state index in [2.05, 4.69) is 29.1 Å². The van der Waals surface area contributed by atoms with Crippen molar-refractivity contribution in [2.45, 2.75) is 45.7 Å². The summed E-state index contributed by atoms with van der Waals surface area (Å²) in [6, 6.07) is 4.61. The van der Waals surface area contributed by atoms with Crippen molar-refractivity contribution < 1.29 is 9.72 Å². The highest BCUT2D eigenvalue weighted by molar-refractivity contribution is 7.99. The van der Waals surface area contributed by atoms with Gasteiger partial charge < -0.3 is 10.3 Å². The number of fused-ring (bicyclic) bond motifs is 1. The number of carbonyl (C=O) groups is 1. The summed E-state index contributed by atoms with van der Waals surface area (Å²) >= 11 is 2.57. The summed E-state index contributed by atoms with van der Waals surface area (Å²) in [4.78, 5) is 44.9. The summed E-state index contributed by atoms with van der Waals surface area (Å²) in [7, 11) is 0. The molecule has 31 heavy (non-hydrogen) atoms. The molecule has 0 fully saturated rings. The molecule has 0 unspecified atom stereocenters. The lowest BCUT2D eigenvalue weighted by atomic mass is 9.98. The van der Waals surface area contributed by atoms with E-state index in [-0.39, 0.29) is 22.7 Å². The normalized spacial score (nSPS) is 12.1. The molecule has 0 bridgehead atoms. The Morgan fingerprint density at radius 2 is 2.13 bits per heavy atom. The van der Waals surface area contributed by atoms with Crippen LogP contribution in [-0.2, 0) is 11.2 Å². The Bertz CT molecular complexity index is 1200. The van der Waals surface area contributed by atoms with Crippen LogP contribution in [0, 0.1) is 29.9 Å². The molecule has 0 radical (unpaired) electrons. The number of nitrogens with one attached hydrogen (secondary N) is 2. The Hall–Kier alpha value is -2.72. The highest BCUT2D eigenvalue weighted by Crippen LogP contribution is 2.31. The first-order valence-corrected chi connectivity index (χ1v) is 11.7. The largest absolute Gasteiger partial charge is 0.319 e. The maximum Gasteiger partial charge on any atom is 0.293 e. The van der Waals surface area contributed by atoms with E-state index in [1.54, 1.807) is 19.1 Å². The van der Waals surface area contributed by atoms with Crippen LogP contribution in [0.15, 0.2) is 28.2 Å². The Balaban J connectivity index is 1.77. The van der Waals surface area contributed by atoms with Crippen LogP contribution < -0.4 is 10.9 Å². The number of rotatable bonds is 8. The number of thiophene rings is 1. The number of H-pyrrole nitrogens is 1. The molecule has 0 saturated heterocycles. The van der Waals surface area contributed by atoms with Crippen LogP contribution >= 0.6 is 23.1 Å². The second-order valence-electron chi connectivity index (χ2n) is 7.47. The van der Waals surface area contributed by atoms with Gasteiger partial charge in [-0.1, -0.05) is 44.2 Å². The number of para-hydroxylation sites is 1. The molecule has 0 saturated carbocycles. The van der Waals surface area contributed by atoms with Gasteiger partial charge in [-0.3, -0.25) is 19.7 Å². The smallest absolute Gasteiger partial charge is 0.293 e. The molecule has 1 aromatic carbocycles. The molecule has 0 aliphatic carbocycles. The van der Waals surface area contributed by atoms with E-state index in [1.807, 2.05) is 6.92 Å². The third-order valence-corrected chi connectivity index (χ3v) is 7.06. The molecule has 3 rings (SSSR count). The van der Waals surface area contributed by atoms with Crippen molar-refractivity contribution in [2.75, 3.05) is 11.1 Å². The summed E-state index contributed by atoms with van der Waals surface area (Å²) in [5.41, 5.74) is 1.46. The van der Waals surface area contributed by atoms with Crippen molar-refractivity contribution in [1.82, 2.24) is 9.97 Å². The lowest BCUT2D eigenvalue weighted by molar-refractivity contribution is -0.384. The van der Waals surface area contributed by atoms with E-state index in [0.717, 1.165) is 35.0 Å². The molecule has 2 heterocycles. The zero-order valence-electron chi connectivity index (χ0n) is 17.8. The van der Waals surface area contributed by atoms with Gasteiger partial charge in [0.1, 0.15) is 10.5 Å². The average molecular weight is 461 g/mol. The molecule has 2 N–H and O–H groups in total. The molecule has 0 aliphatic rings. The van der Waals surface area contributed by atoms with Crippen LogP contribution in [0.3, 0.4) is 0 Å². The van der Waals surface area contributed by atoms with Crippen molar-refractivity contribution in [3.05, 3.63) is 54.7 Å². The van der Waals surface area contributed by atoms with Crippen LogP contribution in [0.4, 0.5) is 11.4 Å². The zero-order valence-corrected chi connectivity index (χ0v) is 19.4. The maximum atomic E-state index is 12.7.